The number of pyridine rings is 1. The van der Waals surface area contributed by atoms with Gasteiger partial charge in [0.05, 0.1) is 17.7 Å². The van der Waals surface area contributed by atoms with Crippen molar-refractivity contribution in [2.24, 2.45) is 0 Å². The zero-order valence-electron chi connectivity index (χ0n) is 18.5. The Morgan fingerprint density at radius 1 is 1.09 bits per heavy atom. The van der Waals surface area contributed by atoms with Gasteiger partial charge >= 0.3 is 11.6 Å². The van der Waals surface area contributed by atoms with Gasteiger partial charge in [-0.1, -0.05) is 11.6 Å². The minimum Gasteiger partial charge on any atom is -0.481 e. The number of amides is 1. The number of carbonyl (C=O) groups is 2. The van der Waals surface area contributed by atoms with Gasteiger partial charge in [0.25, 0.3) is 5.91 Å². The summed E-state index contributed by atoms with van der Waals surface area (Å²) < 4.78 is 29.1. The molecule has 0 radical (unpaired) electrons. The van der Waals surface area contributed by atoms with Crippen LogP contribution in [0.15, 0.2) is 70.0 Å². The molecule has 1 N–H and O–H groups in total. The topological polar surface area (TPSA) is 108 Å². The van der Waals surface area contributed by atoms with E-state index in [2.05, 4.69) is 15.0 Å². The summed E-state index contributed by atoms with van der Waals surface area (Å²) in [5, 5.41) is 3.26. The third-order valence-corrected chi connectivity index (χ3v) is 5.36. The molecule has 1 atom stereocenters. The molecule has 0 saturated carbocycles. The standard InChI is InChI=1S/C25H18ClFN2O6/c1-13(24(31)29-22-9-14(7-8-28-22)25(32)33-2)34-16-4-6-18-19(12-23(30)35-21(18)11-16)17-5-3-15(27)10-20(17)26/h3-13H,1-2H3,(H,28,29,31). The monoisotopic (exact) mass is 496 g/mol. The molecule has 0 spiro atoms. The van der Waals surface area contributed by atoms with Crippen LogP contribution in [0.25, 0.3) is 22.1 Å². The number of halogens is 2. The van der Waals surface area contributed by atoms with E-state index in [0.29, 0.717) is 16.5 Å². The molecule has 0 bridgehead atoms. The van der Waals surface area contributed by atoms with Gasteiger partial charge in [-0.15, -0.1) is 0 Å². The number of anilines is 1. The van der Waals surface area contributed by atoms with Crippen molar-refractivity contribution in [1.82, 2.24) is 4.98 Å². The van der Waals surface area contributed by atoms with E-state index in [1.54, 1.807) is 12.1 Å². The molecule has 1 unspecified atom stereocenters. The zero-order valence-corrected chi connectivity index (χ0v) is 19.3. The first-order valence-corrected chi connectivity index (χ1v) is 10.7. The molecule has 4 rings (SSSR count). The van der Waals surface area contributed by atoms with E-state index in [1.165, 1.54) is 56.6 Å². The summed E-state index contributed by atoms with van der Waals surface area (Å²) in [7, 11) is 1.25. The average Bonchev–Trinajstić information content (AvgIpc) is 2.83. The highest BCUT2D eigenvalue weighted by Crippen LogP contribution is 2.34. The fourth-order valence-electron chi connectivity index (χ4n) is 3.38. The van der Waals surface area contributed by atoms with Crippen LogP contribution in [0.3, 0.4) is 0 Å². The Hall–Kier alpha value is -4.24. The molecule has 1 amide bonds. The van der Waals surface area contributed by atoms with Crippen LogP contribution in [0.1, 0.15) is 17.3 Å². The lowest BCUT2D eigenvalue weighted by Gasteiger charge is -2.15. The molecular weight excluding hydrogens is 479 g/mol. The number of aromatic nitrogens is 1. The van der Waals surface area contributed by atoms with Crippen molar-refractivity contribution in [2.75, 3.05) is 12.4 Å². The Kier molecular flexibility index (Phi) is 6.79. The number of fused-ring (bicyclic) bond motifs is 1. The quantitative estimate of drug-likeness (QED) is 0.300. The summed E-state index contributed by atoms with van der Waals surface area (Å²) in [6, 6.07) is 12.7. The van der Waals surface area contributed by atoms with E-state index in [4.69, 9.17) is 20.8 Å². The summed E-state index contributed by atoms with van der Waals surface area (Å²) in [4.78, 5) is 40.4. The van der Waals surface area contributed by atoms with E-state index in [0.717, 1.165) is 6.07 Å². The number of esters is 1. The largest absolute Gasteiger partial charge is 0.481 e. The van der Waals surface area contributed by atoms with Gasteiger partial charge in [0.15, 0.2) is 6.10 Å². The minimum absolute atomic E-state index is 0.146. The summed E-state index contributed by atoms with van der Waals surface area (Å²) in [6.45, 7) is 1.52. The lowest BCUT2D eigenvalue weighted by atomic mass is 10.0. The van der Waals surface area contributed by atoms with Crippen LogP contribution < -0.4 is 15.7 Å². The fraction of sp³-hybridized carbons (Fsp3) is 0.120. The Morgan fingerprint density at radius 3 is 2.63 bits per heavy atom. The van der Waals surface area contributed by atoms with Crippen molar-refractivity contribution in [3.05, 3.63) is 87.6 Å². The molecule has 10 heteroatoms. The SMILES string of the molecule is COC(=O)c1ccnc(NC(=O)C(C)Oc2ccc3c(-c4ccc(F)cc4Cl)cc(=O)oc3c2)c1. The molecule has 0 saturated heterocycles. The first kappa shape index (κ1) is 23.9. The van der Waals surface area contributed by atoms with Crippen LogP contribution in [0.4, 0.5) is 10.2 Å². The zero-order chi connectivity index (χ0) is 25.1. The number of methoxy groups -OCH3 is 1. The molecule has 178 valence electrons. The van der Waals surface area contributed by atoms with Crippen LogP contribution in [0, 0.1) is 5.82 Å². The maximum absolute atomic E-state index is 13.5. The molecule has 2 aromatic heterocycles. The van der Waals surface area contributed by atoms with Gasteiger partial charge < -0.3 is 19.2 Å². The van der Waals surface area contributed by atoms with Gasteiger partial charge in [0.2, 0.25) is 0 Å². The van der Waals surface area contributed by atoms with Gasteiger partial charge in [-0.05, 0) is 49.4 Å². The van der Waals surface area contributed by atoms with Gasteiger partial charge in [-0.2, -0.15) is 0 Å². The summed E-state index contributed by atoms with van der Waals surface area (Å²) >= 11 is 6.18. The average molecular weight is 497 g/mol. The third-order valence-electron chi connectivity index (χ3n) is 5.05. The van der Waals surface area contributed by atoms with E-state index >= 15 is 0 Å². The first-order valence-electron chi connectivity index (χ1n) is 10.3. The highest BCUT2D eigenvalue weighted by atomic mass is 35.5. The predicted octanol–water partition coefficient (Wildman–Crippen LogP) is 4.84. The molecule has 0 aliphatic carbocycles. The predicted molar refractivity (Wildman–Crippen MR) is 127 cm³/mol. The van der Waals surface area contributed by atoms with Gasteiger partial charge in [-0.3, -0.25) is 4.79 Å². The molecule has 8 nitrogen and oxygen atoms in total. The molecule has 0 fully saturated rings. The number of carbonyl (C=O) groups excluding carboxylic acids is 2. The summed E-state index contributed by atoms with van der Waals surface area (Å²) in [5.74, 6) is -1.17. The molecular formula is C25H18ClFN2O6. The van der Waals surface area contributed by atoms with Crippen molar-refractivity contribution >= 4 is 40.3 Å². The number of ether oxygens (including phenoxy) is 2. The Morgan fingerprint density at radius 2 is 1.89 bits per heavy atom. The maximum atomic E-state index is 13.5. The minimum atomic E-state index is -0.961. The van der Waals surface area contributed by atoms with Crippen LogP contribution in [0.2, 0.25) is 5.02 Å². The fourth-order valence-corrected chi connectivity index (χ4v) is 3.65. The number of nitrogens with one attached hydrogen (secondary N) is 1. The van der Waals surface area contributed by atoms with Crippen molar-refractivity contribution in [3.8, 4) is 16.9 Å². The van der Waals surface area contributed by atoms with Crippen LogP contribution in [-0.4, -0.2) is 30.1 Å². The number of hydrogen-bond donors (Lipinski definition) is 1. The second-order valence-corrected chi connectivity index (χ2v) is 7.84. The Labute approximate surface area is 203 Å². The highest BCUT2D eigenvalue weighted by molar-refractivity contribution is 6.33. The molecule has 2 heterocycles. The smallest absolute Gasteiger partial charge is 0.338 e. The molecule has 2 aromatic carbocycles. The summed E-state index contributed by atoms with van der Waals surface area (Å²) in [6.07, 6.45) is 0.404. The van der Waals surface area contributed by atoms with E-state index in [9.17, 15) is 18.8 Å². The number of nitrogens with zero attached hydrogens (tertiary/aromatic N) is 1. The first-order chi connectivity index (χ1) is 16.7. The second kappa shape index (κ2) is 9.94. The highest BCUT2D eigenvalue weighted by Gasteiger charge is 2.18. The van der Waals surface area contributed by atoms with E-state index < -0.39 is 29.4 Å². The molecule has 0 aliphatic rings. The van der Waals surface area contributed by atoms with E-state index in [-0.39, 0.29) is 27.7 Å². The normalized spacial score (nSPS) is 11.7. The maximum Gasteiger partial charge on any atom is 0.338 e. The van der Waals surface area contributed by atoms with Crippen molar-refractivity contribution < 1.29 is 27.9 Å². The lowest BCUT2D eigenvalue weighted by molar-refractivity contribution is -0.122. The van der Waals surface area contributed by atoms with Crippen LogP contribution >= 0.6 is 11.6 Å². The van der Waals surface area contributed by atoms with Crippen molar-refractivity contribution in [1.29, 1.82) is 0 Å². The Bertz CT molecular complexity index is 1500. The molecule has 0 aliphatic heterocycles. The van der Waals surface area contributed by atoms with E-state index in [1.807, 2.05) is 0 Å². The lowest BCUT2D eigenvalue weighted by Crippen LogP contribution is -2.30. The number of rotatable bonds is 6. The van der Waals surface area contributed by atoms with Gasteiger partial charge in [-0.25, -0.2) is 19.0 Å². The number of benzene rings is 2. The van der Waals surface area contributed by atoms with Crippen molar-refractivity contribution in [3.63, 3.8) is 0 Å². The molecule has 4 aromatic rings. The molecule has 35 heavy (non-hydrogen) atoms. The van der Waals surface area contributed by atoms with Crippen LogP contribution in [0.5, 0.6) is 5.75 Å². The third kappa shape index (κ3) is 5.30. The summed E-state index contributed by atoms with van der Waals surface area (Å²) in [5.41, 5.74) is 0.732. The number of hydrogen-bond acceptors (Lipinski definition) is 7. The second-order valence-electron chi connectivity index (χ2n) is 7.43. The van der Waals surface area contributed by atoms with Gasteiger partial charge in [0.1, 0.15) is 23.0 Å². The Balaban J connectivity index is 1.56. The van der Waals surface area contributed by atoms with Gasteiger partial charge in [0, 0.05) is 34.8 Å². The van der Waals surface area contributed by atoms with Crippen LogP contribution in [-0.2, 0) is 9.53 Å². The van der Waals surface area contributed by atoms with Crippen molar-refractivity contribution in [2.45, 2.75) is 13.0 Å².